The van der Waals surface area contributed by atoms with Gasteiger partial charge in [0, 0.05) is 31.9 Å². The lowest BCUT2D eigenvalue weighted by Crippen LogP contribution is -2.42. The zero-order chi connectivity index (χ0) is 16.1. The lowest BCUT2D eigenvalue weighted by Gasteiger charge is -2.31. The number of urea groups is 1. The van der Waals surface area contributed by atoms with Crippen LogP contribution in [0, 0.1) is 5.92 Å². The smallest absolute Gasteiger partial charge is 0.319 e. The van der Waals surface area contributed by atoms with Gasteiger partial charge >= 0.3 is 6.03 Å². The third-order valence-electron chi connectivity index (χ3n) is 4.80. The predicted octanol–water partition coefficient (Wildman–Crippen LogP) is 2.39. The van der Waals surface area contributed by atoms with Crippen molar-refractivity contribution < 1.29 is 9.90 Å². The van der Waals surface area contributed by atoms with Crippen LogP contribution >= 0.6 is 0 Å². The molecular formula is C18H27N3O2. The molecule has 5 nitrogen and oxygen atoms in total. The Morgan fingerprint density at radius 1 is 1.26 bits per heavy atom. The second kappa shape index (κ2) is 7.79. The van der Waals surface area contributed by atoms with Gasteiger partial charge in [-0.15, -0.1) is 0 Å². The van der Waals surface area contributed by atoms with E-state index in [1.165, 1.54) is 18.4 Å². The molecule has 0 unspecified atom stereocenters. The van der Waals surface area contributed by atoms with Gasteiger partial charge in [-0.05, 0) is 55.7 Å². The number of hydrogen-bond acceptors (Lipinski definition) is 3. The highest BCUT2D eigenvalue weighted by atomic mass is 16.3. The second-order valence-electron chi connectivity index (χ2n) is 6.73. The highest BCUT2D eigenvalue weighted by Gasteiger charge is 2.26. The minimum atomic E-state index is -0.131. The second-order valence-corrected chi connectivity index (χ2v) is 6.73. The van der Waals surface area contributed by atoms with E-state index in [0.29, 0.717) is 18.4 Å². The summed E-state index contributed by atoms with van der Waals surface area (Å²) < 4.78 is 0. The number of anilines is 1. The Hall–Kier alpha value is -1.59. The summed E-state index contributed by atoms with van der Waals surface area (Å²) in [5, 5.41) is 15.2. The summed E-state index contributed by atoms with van der Waals surface area (Å²) in [4.78, 5) is 14.4. The molecule has 2 fully saturated rings. The van der Waals surface area contributed by atoms with Crippen LogP contribution in [0.2, 0.25) is 0 Å². The quantitative estimate of drug-likeness (QED) is 0.755. The minimum absolute atomic E-state index is 0.131. The summed E-state index contributed by atoms with van der Waals surface area (Å²) in [5.74, 6) is 1.01. The predicted molar refractivity (Wildman–Crippen MR) is 91.7 cm³/mol. The monoisotopic (exact) mass is 317 g/mol. The molecule has 1 aliphatic heterocycles. The Kier molecular flexibility index (Phi) is 5.51. The minimum Gasteiger partial charge on any atom is -0.396 e. The number of amides is 2. The molecule has 5 heteroatoms. The van der Waals surface area contributed by atoms with Gasteiger partial charge in [0.25, 0.3) is 0 Å². The van der Waals surface area contributed by atoms with Crippen LogP contribution in [0.4, 0.5) is 10.5 Å². The molecule has 3 rings (SSSR count). The zero-order valence-corrected chi connectivity index (χ0v) is 13.6. The van der Waals surface area contributed by atoms with Gasteiger partial charge < -0.3 is 20.6 Å². The first-order valence-corrected chi connectivity index (χ1v) is 8.73. The Morgan fingerprint density at radius 2 is 2.09 bits per heavy atom. The summed E-state index contributed by atoms with van der Waals surface area (Å²) in [6.07, 6.45) is 4.69. The Labute approximate surface area is 138 Å². The number of nitrogens with zero attached hydrogens (tertiary/aromatic N) is 1. The molecule has 3 N–H and O–H groups in total. The van der Waals surface area contributed by atoms with E-state index in [-0.39, 0.29) is 12.6 Å². The topological polar surface area (TPSA) is 64.6 Å². The number of benzene rings is 1. The van der Waals surface area contributed by atoms with Gasteiger partial charge in [0.05, 0.1) is 0 Å². The molecule has 1 atom stereocenters. The molecule has 0 spiro atoms. The van der Waals surface area contributed by atoms with E-state index in [1.807, 2.05) is 18.2 Å². The van der Waals surface area contributed by atoms with Crippen molar-refractivity contribution in [1.29, 1.82) is 0 Å². The summed E-state index contributed by atoms with van der Waals surface area (Å²) in [6.45, 7) is 3.74. The highest BCUT2D eigenvalue weighted by Crippen LogP contribution is 2.43. The first kappa shape index (κ1) is 16.3. The first-order valence-electron chi connectivity index (χ1n) is 8.73. The largest absolute Gasteiger partial charge is 0.396 e. The number of para-hydroxylation sites is 1. The van der Waals surface area contributed by atoms with Crippen LogP contribution in [0.15, 0.2) is 24.3 Å². The fraction of sp³-hybridized carbons (Fsp3) is 0.611. The van der Waals surface area contributed by atoms with Gasteiger partial charge in [0.15, 0.2) is 0 Å². The van der Waals surface area contributed by atoms with Crippen molar-refractivity contribution in [3.05, 3.63) is 29.8 Å². The van der Waals surface area contributed by atoms with E-state index in [9.17, 15) is 9.90 Å². The Morgan fingerprint density at radius 3 is 2.87 bits per heavy atom. The Bertz CT molecular complexity index is 531. The molecule has 1 heterocycles. The summed E-state index contributed by atoms with van der Waals surface area (Å²) >= 11 is 0. The molecule has 0 bridgehead atoms. The highest BCUT2D eigenvalue weighted by molar-refractivity contribution is 5.90. The lowest BCUT2D eigenvalue weighted by atomic mass is 9.99. The molecule has 1 saturated carbocycles. The van der Waals surface area contributed by atoms with Crippen LogP contribution in [-0.4, -0.2) is 48.8 Å². The maximum Gasteiger partial charge on any atom is 0.319 e. The molecule has 1 aromatic rings. The van der Waals surface area contributed by atoms with Crippen LogP contribution in [0.3, 0.4) is 0 Å². The van der Waals surface area contributed by atoms with Crippen LogP contribution in [0.25, 0.3) is 0 Å². The van der Waals surface area contributed by atoms with Gasteiger partial charge in [-0.2, -0.15) is 0 Å². The number of hydrogen-bond donors (Lipinski definition) is 3. The van der Waals surface area contributed by atoms with Crippen molar-refractivity contribution >= 4 is 11.7 Å². The van der Waals surface area contributed by atoms with Crippen molar-refractivity contribution in [3.8, 4) is 0 Å². The maximum absolute atomic E-state index is 12.1. The molecule has 0 radical (unpaired) electrons. The first-order chi connectivity index (χ1) is 11.3. The van der Waals surface area contributed by atoms with Gasteiger partial charge in [-0.3, -0.25) is 0 Å². The molecule has 1 aromatic carbocycles. The number of piperidine rings is 1. The van der Waals surface area contributed by atoms with Crippen LogP contribution in [0.1, 0.15) is 37.2 Å². The van der Waals surface area contributed by atoms with E-state index >= 15 is 0 Å². The average molecular weight is 317 g/mol. The summed E-state index contributed by atoms with van der Waals surface area (Å²) in [6, 6.07) is 7.95. The van der Waals surface area contributed by atoms with Crippen molar-refractivity contribution in [1.82, 2.24) is 10.2 Å². The lowest BCUT2D eigenvalue weighted by molar-refractivity contribution is 0.121. The van der Waals surface area contributed by atoms with Crippen molar-refractivity contribution in [3.63, 3.8) is 0 Å². The van der Waals surface area contributed by atoms with Crippen molar-refractivity contribution in [2.24, 2.45) is 5.92 Å². The normalized spacial score (nSPS) is 21.9. The van der Waals surface area contributed by atoms with Gasteiger partial charge in [-0.1, -0.05) is 18.2 Å². The molecule has 0 aromatic heterocycles. The SMILES string of the molecule is O=C(NCCN1CCC[C@@H](CO)C1)Nc1ccccc1C1CC1. The molecule has 2 aliphatic rings. The molecular weight excluding hydrogens is 290 g/mol. The average Bonchev–Trinajstić information content (AvgIpc) is 3.40. The van der Waals surface area contributed by atoms with Gasteiger partial charge in [-0.25, -0.2) is 4.79 Å². The third kappa shape index (κ3) is 4.69. The number of aliphatic hydroxyl groups excluding tert-OH is 1. The van der Waals surface area contributed by atoms with Crippen molar-refractivity contribution in [2.75, 3.05) is 38.1 Å². The van der Waals surface area contributed by atoms with E-state index in [1.54, 1.807) is 0 Å². The zero-order valence-electron chi connectivity index (χ0n) is 13.6. The fourth-order valence-corrected chi connectivity index (χ4v) is 3.36. The molecule has 126 valence electrons. The molecule has 2 amide bonds. The number of carbonyl (C=O) groups excluding carboxylic acids is 1. The van der Waals surface area contributed by atoms with Crippen LogP contribution in [-0.2, 0) is 0 Å². The van der Waals surface area contributed by atoms with E-state index < -0.39 is 0 Å². The van der Waals surface area contributed by atoms with Crippen LogP contribution in [0.5, 0.6) is 0 Å². The van der Waals surface area contributed by atoms with E-state index in [0.717, 1.165) is 38.2 Å². The van der Waals surface area contributed by atoms with Crippen LogP contribution < -0.4 is 10.6 Å². The van der Waals surface area contributed by atoms with E-state index in [4.69, 9.17) is 0 Å². The van der Waals surface area contributed by atoms with Gasteiger partial charge in [0.1, 0.15) is 0 Å². The standard InChI is InChI=1S/C18H27N3O2/c22-13-14-4-3-10-21(12-14)11-9-19-18(23)20-17-6-2-1-5-16(17)15-7-8-15/h1-2,5-6,14-15,22H,3-4,7-13H2,(H2,19,20,23)/t14-/m1/s1. The fourth-order valence-electron chi connectivity index (χ4n) is 3.36. The van der Waals surface area contributed by atoms with E-state index in [2.05, 4.69) is 21.6 Å². The number of likely N-dealkylation sites (tertiary alicyclic amines) is 1. The number of carbonyl (C=O) groups is 1. The maximum atomic E-state index is 12.1. The molecule has 23 heavy (non-hydrogen) atoms. The molecule has 1 aliphatic carbocycles. The number of aliphatic hydroxyl groups is 1. The summed E-state index contributed by atoms with van der Waals surface area (Å²) in [5.41, 5.74) is 2.19. The number of nitrogens with one attached hydrogen (secondary N) is 2. The molecule has 1 saturated heterocycles. The number of rotatable bonds is 6. The Balaban J connectivity index is 1.41. The van der Waals surface area contributed by atoms with Crippen molar-refractivity contribution in [2.45, 2.75) is 31.6 Å². The third-order valence-corrected chi connectivity index (χ3v) is 4.80. The van der Waals surface area contributed by atoms with Gasteiger partial charge in [0.2, 0.25) is 0 Å². The summed E-state index contributed by atoms with van der Waals surface area (Å²) in [7, 11) is 0.